The highest BCUT2D eigenvalue weighted by Gasteiger charge is 2.55. The van der Waals surface area contributed by atoms with E-state index < -0.39 is 0 Å². The SMILES string of the molecule is CC1(C)OB(C2CC2)OC1(C)C.Cc1nc2ccccc2s1. The lowest BCUT2D eigenvalue weighted by Crippen LogP contribution is -2.41. The third kappa shape index (κ3) is 3.22. The van der Waals surface area contributed by atoms with E-state index in [2.05, 4.69) is 38.7 Å². The average molecular weight is 317 g/mol. The average Bonchev–Trinajstić information content (AvgIpc) is 3.15. The molecule has 0 radical (unpaired) electrons. The molecule has 2 fully saturated rings. The van der Waals surface area contributed by atoms with Gasteiger partial charge in [-0.1, -0.05) is 25.0 Å². The van der Waals surface area contributed by atoms with E-state index in [9.17, 15) is 0 Å². The van der Waals surface area contributed by atoms with Crippen molar-refractivity contribution in [3.63, 3.8) is 0 Å². The van der Waals surface area contributed by atoms with Gasteiger partial charge >= 0.3 is 7.12 Å². The fourth-order valence-electron chi connectivity index (χ4n) is 2.44. The Bertz CT molecular complexity index is 614. The first-order valence-electron chi connectivity index (χ1n) is 7.96. The number of fused-ring (bicyclic) bond motifs is 1. The number of aryl methyl sites for hydroxylation is 1. The summed E-state index contributed by atoms with van der Waals surface area (Å²) in [5.74, 6) is 0.672. The van der Waals surface area contributed by atoms with Crippen LogP contribution in [0.5, 0.6) is 0 Å². The van der Waals surface area contributed by atoms with Crippen LogP contribution in [0, 0.1) is 6.92 Å². The molecule has 0 bridgehead atoms. The molecule has 1 saturated heterocycles. The van der Waals surface area contributed by atoms with Gasteiger partial charge in [-0.3, -0.25) is 0 Å². The van der Waals surface area contributed by atoms with Crippen LogP contribution in [0.15, 0.2) is 24.3 Å². The van der Waals surface area contributed by atoms with Crippen LogP contribution in [0.2, 0.25) is 5.82 Å². The van der Waals surface area contributed by atoms with Crippen molar-refractivity contribution in [2.75, 3.05) is 0 Å². The summed E-state index contributed by atoms with van der Waals surface area (Å²) in [7, 11) is 0.0648. The first-order chi connectivity index (χ1) is 10.3. The number of benzene rings is 1. The standard InChI is InChI=1S/C9H17BO2.C8H7NS/c1-8(2)9(3,4)12-10(11-8)7-5-6-7;1-6-9-7-4-2-3-5-8(7)10-6/h7H,5-6H2,1-4H3;2-5H,1H3. The zero-order valence-corrected chi connectivity index (χ0v) is 14.9. The third-order valence-corrected chi connectivity index (χ3v) is 5.63. The van der Waals surface area contributed by atoms with E-state index in [1.54, 1.807) is 11.3 Å². The molecule has 5 heteroatoms. The Labute approximate surface area is 137 Å². The zero-order chi connectivity index (χ0) is 16.0. The van der Waals surface area contributed by atoms with Crippen LogP contribution in [0.1, 0.15) is 45.5 Å². The molecule has 1 aliphatic heterocycles. The largest absolute Gasteiger partial charge is 0.461 e. The number of hydrogen-bond acceptors (Lipinski definition) is 4. The summed E-state index contributed by atoms with van der Waals surface area (Å²) in [6.45, 7) is 10.5. The van der Waals surface area contributed by atoms with Crippen LogP contribution in [0.3, 0.4) is 0 Å². The van der Waals surface area contributed by atoms with Crippen LogP contribution in [-0.2, 0) is 9.31 Å². The Morgan fingerprint density at radius 2 is 1.68 bits per heavy atom. The Morgan fingerprint density at radius 1 is 1.09 bits per heavy atom. The molecule has 0 N–H and O–H groups in total. The van der Waals surface area contributed by atoms with Crippen LogP contribution in [0.4, 0.5) is 0 Å². The van der Waals surface area contributed by atoms with Crippen molar-refractivity contribution in [1.82, 2.24) is 4.98 Å². The fourth-order valence-corrected chi connectivity index (χ4v) is 3.26. The molecule has 0 atom stereocenters. The van der Waals surface area contributed by atoms with Crippen molar-refractivity contribution in [2.24, 2.45) is 0 Å². The van der Waals surface area contributed by atoms with Gasteiger partial charge in [-0.2, -0.15) is 0 Å². The van der Waals surface area contributed by atoms with Gasteiger partial charge in [-0.25, -0.2) is 4.98 Å². The summed E-state index contributed by atoms with van der Waals surface area (Å²) < 4.78 is 13.0. The molecule has 0 spiro atoms. The summed E-state index contributed by atoms with van der Waals surface area (Å²) in [5.41, 5.74) is 0.838. The maximum Gasteiger partial charge on any atom is 0.461 e. The second kappa shape index (κ2) is 5.62. The molecule has 4 rings (SSSR count). The van der Waals surface area contributed by atoms with Gasteiger partial charge in [0.25, 0.3) is 0 Å². The maximum absolute atomic E-state index is 5.87. The minimum Gasteiger partial charge on any atom is -0.403 e. The van der Waals surface area contributed by atoms with E-state index in [0.717, 1.165) is 10.5 Å². The molecule has 2 aromatic rings. The van der Waals surface area contributed by atoms with Crippen molar-refractivity contribution in [2.45, 2.75) is 64.5 Å². The Morgan fingerprint density at radius 3 is 2.23 bits per heavy atom. The van der Waals surface area contributed by atoms with Gasteiger partial charge in [-0.05, 0) is 52.6 Å². The molecule has 1 aliphatic carbocycles. The lowest BCUT2D eigenvalue weighted by Gasteiger charge is -2.32. The first-order valence-corrected chi connectivity index (χ1v) is 8.78. The molecule has 1 aromatic carbocycles. The van der Waals surface area contributed by atoms with Crippen molar-refractivity contribution in [3.05, 3.63) is 29.3 Å². The van der Waals surface area contributed by atoms with E-state index in [4.69, 9.17) is 9.31 Å². The predicted molar refractivity (Wildman–Crippen MR) is 93.4 cm³/mol. The summed E-state index contributed by atoms with van der Waals surface area (Å²) in [6.07, 6.45) is 2.55. The summed E-state index contributed by atoms with van der Waals surface area (Å²) in [4.78, 5) is 4.33. The molecule has 0 amide bonds. The quantitative estimate of drug-likeness (QED) is 0.705. The van der Waals surface area contributed by atoms with Crippen molar-refractivity contribution in [1.29, 1.82) is 0 Å². The number of para-hydroxylation sites is 1. The van der Waals surface area contributed by atoms with Crippen LogP contribution in [0.25, 0.3) is 10.2 Å². The Balaban J connectivity index is 0.000000133. The monoisotopic (exact) mass is 317 g/mol. The number of rotatable bonds is 1. The molecular formula is C17H24BNO2S. The lowest BCUT2D eigenvalue weighted by atomic mass is 9.82. The molecule has 1 aromatic heterocycles. The smallest absolute Gasteiger partial charge is 0.403 e. The zero-order valence-electron chi connectivity index (χ0n) is 14.1. The third-order valence-electron chi connectivity index (χ3n) is 4.68. The van der Waals surface area contributed by atoms with Crippen LogP contribution < -0.4 is 0 Å². The highest BCUT2D eigenvalue weighted by molar-refractivity contribution is 7.18. The van der Waals surface area contributed by atoms with E-state index >= 15 is 0 Å². The van der Waals surface area contributed by atoms with Gasteiger partial charge in [0.05, 0.1) is 26.4 Å². The highest BCUT2D eigenvalue weighted by Crippen LogP contribution is 2.48. The van der Waals surface area contributed by atoms with E-state index in [1.807, 2.05) is 25.1 Å². The Hall–Kier alpha value is -0.905. The summed E-state index contributed by atoms with van der Waals surface area (Å²) in [6, 6.07) is 8.19. The molecule has 3 nitrogen and oxygen atoms in total. The molecule has 1 saturated carbocycles. The van der Waals surface area contributed by atoms with Gasteiger partial charge in [0.2, 0.25) is 0 Å². The van der Waals surface area contributed by atoms with Gasteiger partial charge in [-0.15, -0.1) is 11.3 Å². The van der Waals surface area contributed by atoms with Gasteiger partial charge in [0.1, 0.15) is 0 Å². The minimum absolute atomic E-state index is 0.0648. The van der Waals surface area contributed by atoms with Gasteiger partial charge in [0.15, 0.2) is 0 Å². The van der Waals surface area contributed by atoms with Crippen molar-refractivity contribution >= 4 is 28.7 Å². The molecule has 2 aliphatic rings. The molecule has 22 heavy (non-hydrogen) atoms. The van der Waals surface area contributed by atoms with Crippen molar-refractivity contribution < 1.29 is 9.31 Å². The van der Waals surface area contributed by atoms with E-state index in [0.29, 0.717) is 5.82 Å². The van der Waals surface area contributed by atoms with Gasteiger partial charge < -0.3 is 9.31 Å². The van der Waals surface area contributed by atoms with E-state index in [-0.39, 0.29) is 18.3 Å². The normalized spacial score (nSPS) is 22.5. The summed E-state index contributed by atoms with van der Waals surface area (Å²) >= 11 is 1.74. The number of aromatic nitrogens is 1. The maximum atomic E-state index is 5.87. The highest BCUT2D eigenvalue weighted by atomic mass is 32.1. The second-order valence-corrected chi connectivity index (χ2v) is 8.40. The fraction of sp³-hybridized carbons (Fsp3) is 0.588. The number of nitrogens with zero attached hydrogens (tertiary/aromatic N) is 1. The molecule has 118 valence electrons. The van der Waals surface area contributed by atoms with Crippen LogP contribution in [-0.4, -0.2) is 23.3 Å². The first kappa shape index (κ1) is 16.0. The van der Waals surface area contributed by atoms with Crippen LogP contribution >= 0.6 is 11.3 Å². The molecular weight excluding hydrogens is 293 g/mol. The predicted octanol–water partition coefficient (Wildman–Crippen LogP) is 4.85. The molecule has 2 heterocycles. The Kier molecular flexibility index (Phi) is 4.08. The lowest BCUT2D eigenvalue weighted by molar-refractivity contribution is 0.00578. The number of hydrogen-bond donors (Lipinski definition) is 0. The molecule has 0 unspecified atom stereocenters. The summed E-state index contributed by atoms with van der Waals surface area (Å²) in [5, 5.41) is 1.14. The minimum atomic E-state index is -0.139. The van der Waals surface area contributed by atoms with Gasteiger partial charge in [0, 0.05) is 0 Å². The van der Waals surface area contributed by atoms with Crippen molar-refractivity contribution in [3.8, 4) is 0 Å². The topological polar surface area (TPSA) is 31.4 Å². The second-order valence-electron chi connectivity index (χ2n) is 7.16. The number of thiazole rings is 1. The van der Waals surface area contributed by atoms with E-state index in [1.165, 1.54) is 17.5 Å².